The molecule has 2 heterocycles. The number of carbonyl (C=O) groups is 2. The van der Waals surface area contributed by atoms with Crippen molar-refractivity contribution in [1.29, 1.82) is 0 Å². The van der Waals surface area contributed by atoms with E-state index >= 15 is 0 Å². The van der Waals surface area contributed by atoms with Crippen molar-refractivity contribution in [3.05, 3.63) is 34.0 Å². The Morgan fingerprint density at radius 1 is 0.769 bits per heavy atom. The number of rotatable bonds is 9. The standard InChI is InChI=1S/C16H20N2O4S2.2Na/c19-15(20)17-13-11(7-9-23-13)5-3-1-2-4-6-12-8-10-24-14(12)18-16(21)22;;/h7-10,17-18H,1-6H2,(H,19,20)(H,21,22);;/q;2*+1/p-2. The van der Waals surface area contributed by atoms with Gasteiger partial charge in [-0.25, -0.2) is 0 Å². The predicted molar refractivity (Wildman–Crippen MR) is 92.6 cm³/mol. The van der Waals surface area contributed by atoms with Gasteiger partial charge < -0.3 is 30.4 Å². The van der Waals surface area contributed by atoms with E-state index in [0.29, 0.717) is 10.0 Å². The summed E-state index contributed by atoms with van der Waals surface area (Å²) in [6, 6.07) is 3.86. The molecule has 26 heavy (non-hydrogen) atoms. The van der Waals surface area contributed by atoms with Gasteiger partial charge in [0.15, 0.2) is 0 Å². The summed E-state index contributed by atoms with van der Waals surface area (Å²) in [6.07, 6.45) is 3.12. The second-order valence-electron chi connectivity index (χ2n) is 5.29. The monoisotopic (exact) mass is 412 g/mol. The van der Waals surface area contributed by atoms with Crippen LogP contribution in [0.3, 0.4) is 0 Å². The zero-order valence-electron chi connectivity index (χ0n) is 15.0. The molecular formula is C16H18N2Na2O4S2. The van der Waals surface area contributed by atoms with Gasteiger partial charge in [0.05, 0.1) is 10.0 Å². The zero-order chi connectivity index (χ0) is 17.4. The minimum absolute atomic E-state index is 0. The molecule has 0 fully saturated rings. The van der Waals surface area contributed by atoms with E-state index in [1.807, 2.05) is 22.9 Å². The average Bonchev–Trinajstić information content (AvgIpc) is 3.11. The van der Waals surface area contributed by atoms with Crippen molar-refractivity contribution in [2.24, 2.45) is 0 Å². The van der Waals surface area contributed by atoms with Gasteiger partial charge in [-0.1, -0.05) is 12.8 Å². The number of hydrogen-bond donors (Lipinski definition) is 2. The van der Waals surface area contributed by atoms with E-state index in [0.717, 1.165) is 49.7 Å². The van der Waals surface area contributed by atoms with Crippen LogP contribution in [0.1, 0.15) is 36.8 Å². The summed E-state index contributed by atoms with van der Waals surface area (Å²) >= 11 is 2.72. The van der Waals surface area contributed by atoms with Crippen molar-refractivity contribution >= 4 is 44.9 Å². The van der Waals surface area contributed by atoms with Gasteiger partial charge >= 0.3 is 59.1 Å². The predicted octanol–water partition coefficient (Wildman–Crippen LogP) is -3.33. The van der Waals surface area contributed by atoms with Gasteiger partial charge in [0, 0.05) is 0 Å². The fourth-order valence-corrected chi connectivity index (χ4v) is 4.12. The fraction of sp³-hybridized carbons (Fsp3) is 0.375. The third kappa shape index (κ3) is 9.23. The fourth-order valence-electron chi connectivity index (χ4n) is 2.45. The number of thiophene rings is 2. The van der Waals surface area contributed by atoms with Crippen LogP contribution in [-0.2, 0) is 12.8 Å². The molecule has 0 unspecified atom stereocenters. The molecule has 0 atom stereocenters. The van der Waals surface area contributed by atoms with Crippen molar-refractivity contribution in [2.45, 2.75) is 38.5 Å². The Morgan fingerprint density at radius 3 is 1.50 bits per heavy atom. The van der Waals surface area contributed by atoms with Crippen LogP contribution in [0.5, 0.6) is 0 Å². The van der Waals surface area contributed by atoms with E-state index < -0.39 is 12.2 Å². The first-order chi connectivity index (χ1) is 11.6. The van der Waals surface area contributed by atoms with E-state index in [1.165, 1.54) is 22.7 Å². The summed E-state index contributed by atoms with van der Waals surface area (Å²) in [5.74, 6) is 0. The normalized spacial score (nSPS) is 9.69. The van der Waals surface area contributed by atoms with E-state index in [4.69, 9.17) is 0 Å². The van der Waals surface area contributed by atoms with Gasteiger partial charge in [-0.05, 0) is 59.7 Å². The molecule has 2 amide bonds. The molecule has 0 aliphatic heterocycles. The van der Waals surface area contributed by atoms with Crippen LogP contribution in [0, 0.1) is 0 Å². The van der Waals surface area contributed by atoms with Gasteiger partial charge in [-0.15, -0.1) is 22.7 Å². The van der Waals surface area contributed by atoms with Crippen molar-refractivity contribution in [3.63, 3.8) is 0 Å². The first-order valence-electron chi connectivity index (χ1n) is 7.65. The molecule has 130 valence electrons. The number of anilines is 2. The van der Waals surface area contributed by atoms with Crippen LogP contribution in [0.25, 0.3) is 0 Å². The minimum Gasteiger partial charge on any atom is -0.530 e. The summed E-state index contributed by atoms with van der Waals surface area (Å²) in [5.41, 5.74) is 2.00. The first-order valence-corrected chi connectivity index (χ1v) is 9.41. The van der Waals surface area contributed by atoms with Crippen LogP contribution in [-0.4, -0.2) is 12.2 Å². The van der Waals surface area contributed by atoms with Crippen molar-refractivity contribution in [3.8, 4) is 0 Å². The van der Waals surface area contributed by atoms with Crippen LogP contribution in [0.4, 0.5) is 19.6 Å². The number of hydrogen-bond acceptors (Lipinski definition) is 6. The second kappa shape index (κ2) is 14.0. The van der Waals surface area contributed by atoms with E-state index in [9.17, 15) is 19.8 Å². The number of amides is 2. The van der Waals surface area contributed by atoms with E-state index in [1.54, 1.807) is 0 Å². The molecule has 0 spiro atoms. The molecule has 0 bridgehead atoms. The number of nitrogens with one attached hydrogen (secondary N) is 2. The minimum atomic E-state index is -1.28. The van der Waals surface area contributed by atoms with Crippen molar-refractivity contribution in [1.82, 2.24) is 0 Å². The molecule has 0 saturated heterocycles. The summed E-state index contributed by atoms with van der Waals surface area (Å²) in [4.78, 5) is 21.2. The maximum absolute atomic E-state index is 10.6. The van der Waals surface area contributed by atoms with Crippen LogP contribution in [0.2, 0.25) is 0 Å². The Hall–Kier alpha value is -0.0600. The maximum Gasteiger partial charge on any atom is 1.00 e. The molecular weight excluding hydrogens is 394 g/mol. The number of unbranched alkanes of at least 4 members (excludes halogenated alkanes) is 3. The molecule has 6 nitrogen and oxygen atoms in total. The first kappa shape index (κ1) is 25.9. The Bertz CT molecular complexity index is 633. The maximum atomic E-state index is 10.6. The Morgan fingerprint density at radius 2 is 1.15 bits per heavy atom. The summed E-state index contributed by atoms with van der Waals surface area (Å²) < 4.78 is 0. The molecule has 0 aliphatic rings. The Balaban J connectivity index is 0.00000312. The van der Waals surface area contributed by atoms with Gasteiger partial charge in [-0.3, -0.25) is 0 Å². The molecule has 0 aliphatic carbocycles. The summed E-state index contributed by atoms with van der Waals surface area (Å²) in [5, 5.41) is 30.8. The smallest absolute Gasteiger partial charge is 0.530 e. The van der Waals surface area contributed by atoms with Gasteiger partial charge in [0.25, 0.3) is 0 Å². The molecule has 2 rings (SSSR count). The number of aryl methyl sites for hydroxylation is 2. The largest absolute Gasteiger partial charge is 1.00 e. The van der Waals surface area contributed by atoms with E-state index in [2.05, 4.69) is 10.6 Å². The zero-order valence-corrected chi connectivity index (χ0v) is 20.6. The number of carbonyl (C=O) groups excluding carboxylic acids is 2. The molecule has 2 aromatic rings. The number of carboxylic acid groups (broad SMARTS) is 2. The van der Waals surface area contributed by atoms with Gasteiger partial charge in [0.2, 0.25) is 0 Å². The second-order valence-corrected chi connectivity index (χ2v) is 7.12. The van der Waals surface area contributed by atoms with Gasteiger partial charge in [0.1, 0.15) is 12.2 Å². The van der Waals surface area contributed by atoms with Crippen LogP contribution >= 0.6 is 22.7 Å². The van der Waals surface area contributed by atoms with Crippen molar-refractivity contribution < 1.29 is 78.9 Å². The molecule has 0 saturated carbocycles. The third-order valence-electron chi connectivity index (χ3n) is 3.57. The quantitative estimate of drug-likeness (QED) is 0.332. The topological polar surface area (TPSA) is 104 Å². The third-order valence-corrected chi connectivity index (χ3v) is 5.31. The van der Waals surface area contributed by atoms with Gasteiger partial charge in [-0.2, -0.15) is 0 Å². The van der Waals surface area contributed by atoms with Crippen LogP contribution < -0.4 is 80.0 Å². The average molecular weight is 412 g/mol. The summed E-state index contributed by atoms with van der Waals surface area (Å²) in [7, 11) is 0. The Labute approximate surface area is 205 Å². The molecule has 10 heteroatoms. The van der Waals surface area contributed by atoms with Crippen molar-refractivity contribution in [2.75, 3.05) is 10.6 Å². The molecule has 0 radical (unpaired) electrons. The summed E-state index contributed by atoms with van der Waals surface area (Å²) in [6.45, 7) is 0. The Kier molecular flexibility index (Phi) is 14.0. The molecule has 2 N–H and O–H groups in total. The van der Waals surface area contributed by atoms with E-state index in [-0.39, 0.29) is 59.1 Å². The molecule has 2 aromatic heterocycles. The SMILES string of the molecule is O=C([O-])Nc1sccc1CCCCCCc1ccsc1NC(=O)[O-].[Na+].[Na+]. The molecule has 0 aromatic carbocycles. The van der Waals surface area contributed by atoms with Crippen LogP contribution in [0.15, 0.2) is 22.9 Å².